The number of hydrogen-bond acceptors (Lipinski definition) is 6. The van der Waals surface area contributed by atoms with Crippen molar-refractivity contribution in [1.29, 1.82) is 0 Å². The number of esters is 1. The second-order valence-electron chi connectivity index (χ2n) is 5.40. The Bertz CT molecular complexity index is 1090. The molecule has 0 saturated heterocycles. The van der Waals surface area contributed by atoms with Gasteiger partial charge in [-0.25, -0.2) is 9.78 Å². The predicted molar refractivity (Wildman–Crippen MR) is 105 cm³/mol. The monoisotopic (exact) mass is 425 g/mol. The van der Waals surface area contributed by atoms with Gasteiger partial charge in [-0.2, -0.15) is 0 Å². The molecule has 1 N–H and O–H groups in total. The second-order valence-corrected chi connectivity index (χ2v) is 7.10. The molecule has 10 heteroatoms. The first-order valence-electron chi connectivity index (χ1n) is 7.79. The van der Waals surface area contributed by atoms with Crippen LogP contribution in [0.1, 0.15) is 17.3 Å². The van der Waals surface area contributed by atoms with E-state index in [1.54, 1.807) is 19.1 Å². The van der Waals surface area contributed by atoms with E-state index in [1.165, 1.54) is 17.8 Å². The summed E-state index contributed by atoms with van der Waals surface area (Å²) in [5.41, 5.74) is -0.0300. The quantitative estimate of drug-likeness (QED) is 0.630. The van der Waals surface area contributed by atoms with Gasteiger partial charge in [0.2, 0.25) is 5.91 Å². The Labute approximate surface area is 167 Å². The van der Waals surface area contributed by atoms with Gasteiger partial charge in [0.1, 0.15) is 11.4 Å². The Morgan fingerprint density at radius 2 is 2.11 bits per heavy atom. The molecule has 0 atom stereocenters. The molecule has 140 valence electrons. The van der Waals surface area contributed by atoms with Gasteiger partial charge in [0.15, 0.2) is 0 Å². The summed E-state index contributed by atoms with van der Waals surface area (Å²) in [5.74, 6) is -1.09. The number of rotatable bonds is 5. The molecule has 2 heterocycles. The number of nitrogens with zero attached hydrogens (tertiary/aromatic N) is 2. The van der Waals surface area contributed by atoms with Gasteiger partial charge in [-0.15, -0.1) is 11.3 Å². The summed E-state index contributed by atoms with van der Waals surface area (Å²) >= 11 is 13.1. The van der Waals surface area contributed by atoms with Crippen LogP contribution < -0.4 is 10.9 Å². The normalized spacial score (nSPS) is 10.8. The molecule has 0 saturated carbocycles. The van der Waals surface area contributed by atoms with Gasteiger partial charge in [-0.05, 0) is 25.1 Å². The Morgan fingerprint density at radius 1 is 1.33 bits per heavy atom. The highest BCUT2D eigenvalue weighted by Crippen LogP contribution is 2.25. The number of aromatic nitrogens is 2. The average molecular weight is 426 g/mol. The highest BCUT2D eigenvalue weighted by molar-refractivity contribution is 7.17. The number of halogens is 2. The summed E-state index contributed by atoms with van der Waals surface area (Å²) in [5, 5.41) is 4.97. The molecule has 0 aliphatic rings. The summed E-state index contributed by atoms with van der Waals surface area (Å²) in [6.45, 7) is 1.56. The fourth-order valence-electron chi connectivity index (χ4n) is 2.38. The highest BCUT2D eigenvalue weighted by atomic mass is 35.5. The van der Waals surface area contributed by atoms with Crippen LogP contribution in [0.4, 0.5) is 5.69 Å². The molecule has 0 unspecified atom stereocenters. The molecule has 0 aliphatic carbocycles. The van der Waals surface area contributed by atoms with E-state index < -0.39 is 17.4 Å². The van der Waals surface area contributed by atoms with Gasteiger partial charge in [0.05, 0.1) is 34.6 Å². The third kappa shape index (κ3) is 4.13. The van der Waals surface area contributed by atoms with Crippen LogP contribution in [0.25, 0.3) is 10.2 Å². The van der Waals surface area contributed by atoms with Gasteiger partial charge in [0.25, 0.3) is 5.56 Å². The Hall–Kier alpha value is -2.42. The number of thiophene rings is 1. The lowest BCUT2D eigenvalue weighted by atomic mass is 10.2. The molecule has 3 aromatic rings. The zero-order valence-electron chi connectivity index (χ0n) is 14.0. The standard InChI is InChI=1S/C17H13Cl2N3O4S/c1-2-26-17(25)10-7-27-15-14(10)16(24)22(8-20-15)6-13(23)21-12-5-9(18)3-4-11(12)19/h3-5,7-8H,2,6H2,1H3,(H,21,23). The first kappa shape index (κ1) is 19.3. The van der Waals surface area contributed by atoms with Gasteiger partial charge in [-0.1, -0.05) is 23.2 Å². The number of benzene rings is 1. The van der Waals surface area contributed by atoms with Gasteiger partial charge >= 0.3 is 5.97 Å². The summed E-state index contributed by atoms with van der Waals surface area (Å²) in [7, 11) is 0. The van der Waals surface area contributed by atoms with Crippen LogP contribution in [-0.4, -0.2) is 28.0 Å². The summed E-state index contributed by atoms with van der Waals surface area (Å²) in [6.07, 6.45) is 1.26. The van der Waals surface area contributed by atoms with Crippen molar-refractivity contribution in [2.45, 2.75) is 13.5 Å². The number of anilines is 1. The van der Waals surface area contributed by atoms with Gasteiger partial charge in [-0.3, -0.25) is 14.2 Å². The lowest BCUT2D eigenvalue weighted by molar-refractivity contribution is -0.116. The van der Waals surface area contributed by atoms with E-state index in [0.717, 1.165) is 15.9 Å². The van der Waals surface area contributed by atoms with Crippen molar-refractivity contribution in [3.63, 3.8) is 0 Å². The maximum atomic E-state index is 12.7. The highest BCUT2D eigenvalue weighted by Gasteiger charge is 2.19. The summed E-state index contributed by atoms with van der Waals surface area (Å²) in [4.78, 5) is 41.6. The van der Waals surface area contributed by atoms with Crippen molar-refractivity contribution < 1.29 is 14.3 Å². The van der Waals surface area contributed by atoms with Crippen molar-refractivity contribution >= 4 is 62.3 Å². The first-order chi connectivity index (χ1) is 12.9. The molecule has 7 nitrogen and oxygen atoms in total. The molecule has 0 aliphatic heterocycles. The van der Waals surface area contributed by atoms with Crippen molar-refractivity contribution in [2.24, 2.45) is 0 Å². The number of amides is 1. The number of carbonyl (C=O) groups excluding carboxylic acids is 2. The van der Waals surface area contributed by atoms with E-state index in [-0.39, 0.29) is 24.1 Å². The van der Waals surface area contributed by atoms with Crippen LogP contribution in [0, 0.1) is 0 Å². The first-order valence-corrected chi connectivity index (χ1v) is 9.43. The van der Waals surface area contributed by atoms with Gasteiger partial charge in [0, 0.05) is 10.4 Å². The maximum absolute atomic E-state index is 12.7. The van der Waals surface area contributed by atoms with E-state index in [0.29, 0.717) is 20.6 Å². The SMILES string of the molecule is CCOC(=O)c1csc2ncn(CC(=O)Nc3cc(Cl)ccc3Cl)c(=O)c12. The second kappa shape index (κ2) is 8.08. The maximum Gasteiger partial charge on any atom is 0.339 e. The summed E-state index contributed by atoms with van der Waals surface area (Å²) in [6, 6.07) is 4.65. The topological polar surface area (TPSA) is 90.3 Å². The number of carbonyl (C=O) groups is 2. The molecule has 0 bridgehead atoms. The number of nitrogens with one attached hydrogen (secondary N) is 1. The Kier molecular flexibility index (Phi) is 5.79. The molecule has 27 heavy (non-hydrogen) atoms. The van der Waals surface area contributed by atoms with Crippen LogP contribution in [0.3, 0.4) is 0 Å². The lowest BCUT2D eigenvalue weighted by Gasteiger charge is -2.09. The zero-order chi connectivity index (χ0) is 19.6. The van der Waals surface area contributed by atoms with Crippen LogP contribution in [0.5, 0.6) is 0 Å². The largest absolute Gasteiger partial charge is 0.462 e. The van der Waals surface area contributed by atoms with E-state index in [4.69, 9.17) is 27.9 Å². The smallest absolute Gasteiger partial charge is 0.339 e. The van der Waals surface area contributed by atoms with Crippen LogP contribution >= 0.6 is 34.5 Å². The zero-order valence-corrected chi connectivity index (χ0v) is 16.3. The molecular formula is C17H13Cl2N3O4S. The minimum absolute atomic E-state index is 0.134. The molecule has 0 fully saturated rings. The fourth-order valence-corrected chi connectivity index (χ4v) is 3.58. The number of fused-ring (bicyclic) bond motifs is 1. The Morgan fingerprint density at radius 3 is 2.85 bits per heavy atom. The van der Waals surface area contributed by atoms with E-state index in [1.807, 2.05) is 0 Å². The van der Waals surface area contributed by atoms with Crippen molar-refractivity contribution in [3.8, 4) is 0 Å². The molecule has 2 aromatic heterocycles. The molecule has 1 amide bonds. The van der Waals surface area contributed by atoms with Gasteiger partial charge < -0.3 is 10.1 Å². The van der Waals surface area contributed by atoms with Crippen LogP contribution in [-0.2, 0) is 16.1 Å². The molecular weight excluding hydrogens is 413 g/mol. The van der Waals surface area contributed by atoms with E-state index >= 15 is 0 Å². The fraction of sp³-hybridized carbons (Fsp3) is 0.176. The minimum Gasteiger partial charge on any atom is -0.462 e. The van der Waals surface area contributed by atoms with Crippen LogP contribution in [0.15, 0.2) is 34.7 Å². The predicted octanol–water partition coefficient (Wildman–Crippen LogP) is 3.58. The Balaban J connectivity index is 1.88. The molecule has 3 rings (SSSR count). The third-order valence-corrected chi connectivity index (χ3v) is 5.02. The van der Waals surface area contributed by atoms with Crippen molar-refractivity contribution in [1.82, 2.24) is 9.55 Å². The van der Waals surface area contributed by atoms with E-state index in [9.17, 15) is 14.4 Å². The van der Waals surface area contributed by atoms with Crippen LogP contribution in [0.2, 0.25) is 10.0 Å². The number of ether oxygens (including phenoxy) is 1. The third-order valence-electron chi connectivity index (χ3n) is 3.57. The average Bonchev–Trinajstić information content (AvgIpc) is 3.06. The van der Waals surface area contributed by atoms with Crippen molar-refractivity contribution in [3.05, 3.63) is 55.9 Å². The lowest BCUT2D eigenvalue weighted by Crippen LogP contribution is -2.28. The summed E-state index contributed by atoms with van der Waals surface area (Å²) < 4.78 is 6.08. The van der Waals surface area contributed by atoms with E-state index in [2.05, 4.69) is 10.3 Å². The molecule has 1 aromatic carbocycles. The molecule has 0 radical (unpaired) electrons. The van der Waals surface area contributed by atoms with Crippen molar-refractivity contribution in [2.75, 3.05) is 11.9 Å². The molecule has 0 spiro atoms. The number of hydrogen-bond donors (Lipinski definition) is 1. The minimum atomic E-state index is -0.601.